The van der Waals surface area contributed by atoms with Crippen LogP contribution in [0, 0.1) is 5.92 Å². The van der Waals surface area contributed by atoms with Gasteiger partial charge in [-0.3, -0.25) is 0 Å². The van der Waals surface area contributed by atoms with Crippen molar-refractivity contribution in [3.63, 3.8) is 0 Å². The van der Waals surface area contributed by atoms with E-state index in [4.69, 9.17) is 9.47 Å². The van der Waals surface area contributed by atoms with Gasteiger partial charge in [-0.1, -0.05) is 13.8 Å². The molecule has 0 spiro atoms. The number of hydrogen-bond acceptors (Lipinski definition) is 5. The van der Waals surface area contributed by atoms with Crippen molar-refractivity contribution in [3.05, 3.63) is 21.9 Å². The third-order valence-corrected chi connectivity index (χ3v) is 4.79. The highest BCUT2D eigenvalue weighted by molar-refractivity contribution is 7.10. The summed E-state index contributed by atoms with van der Waals surface area (Å²) in [7, 11) is 1.39. The second-order valence-electron chi connectivity index (χ2n) is 6.91. The Morgan fingerprint density at radius 1 is 1.24 bits per heavy atom. The van der Waals surface area contributed by atoms with Crippen LogP contribution in [-0.2, 0) is 15.9 Å². The number of hydrogen-bond donors (Lipinski definition) is 0. The van der Waals surface area contributed by atoms with Crippen molar-refractivity contribution in [1.82, 2.24) is 4.90 Å². The molecular weight excluding hydrogens is 338 g/mol. The third-order valence-electron chi connectivity index (χ3n) is 3.83. The summed E-state index contributed by atoms with van der Waals surface area (Å²) in [5.74, 6) is 0.255. The average molecular weight is 370 g/mol. The molecule has 1 fully saturated rings. The van der Waals surface area contributed by atoms with E-state index in [2.05, 4.69) is 0 Å². The molecule has 2 rings (SSSR count). The van der Waals surface area contributed by atoms with E-state index in [1.54, 1.807) is 16.2 Å². The quantitative estimate of drug-likeness (QED) is 0.722. The van der Waals surface area contributed by atoms with Gasteiger partial charge in [0.2, 0.25) is 0 Å². The molecule has 5 nitrogen and oxygen atoms in total. The van der Waals surface area contributed by atoms with Gasteiger partial charge in [0, 0.05) is 23.3 Å². The van der Waals surface area contributed by atoms with Crippen molar-refractivity contribution >= 4 is 23.4 Å². The fourth-order valence-electron chi connectivity index (χ4n) is 2.64. The molecule has 0 unspecified atom stereocenters. The van der Waals surface area contributed by atoms with Crippen LogP contribution in [-0.4, -0.2) is 42.8 Å². The third kappa shape index (κ3) is 7.06. The Hall–Kier alpha value is -1.56. The van der Waals surface area contributed by atoms with Crippen LogP contribution in [0.5, 0.6) is 0 Å². The normalized spacial score (nSPS) is 15.2. The maximum atomic E-state index is 12.0. The van der Waals surface area contributed by atoms with Crippen molar-refractivity contribution in [2.45, 2.75) is 59.5 Å². The van der Waals surface area contributed by atoms with Crippen LogP contribution in [0.15, 0.2) is 11.4 Å². The lowest BCUT2D eigenvalue weighted by atomic mass is 9.93. The molecule has 0 aromatic carbocycles. The molecule has 0 atom stereocenters. The van der Waals surface area contributed by atoms with E-state index in [0.717, 1.165) is 32.4 Å². The number of likely N-dealkylation sites (tertiary alicyclic amines) is 1. The molecule has 2 heterocycles. The minimum atomic E-state index is -0.449. The predicted molar refractivity (Wildman–Crippen MR) is 101 cm³/mol. The SMILES string of the molecule is CC.COC(=O)c1csc(CC2CCN(C(=O)OC(C)(C)C)CC2)c1. The average Bonchev–Trinajstić information content (AvgIpc) is 3.03. The fourth-order valence-corrected chi connectivity index (χ4v) is 3.61. The number of methoxy groups -OCH3 is 1. The van der Waals surface area contributed by atoms with Crippen LogP contribution in [0.2, 0.25) is 0 Å². The Morgan fingerprint density at radius 3 is 2.36 bits per heavy atom. The number of rotatable bonds is 3. The molecule has 25 heavy (non-hydrogen) atoms. The highest BCUT2D eigenvalue weighted by atomic mass is 32.1. The summed E-state index contributed by atoms with van der Waals surface area (Å²) < 4.78 is 10.1. The second-order valence-corrected chi connectivity index (χ2v) is 7.90. The molecule has 1 aromatic rings. The monoisotopic (exact) mass is 369 g/mol. The number of esters is 1. The summed E-state index contributed by atoms with van der Waals surface area (Å²) in [6, 6.07) is 1.91. The van der Waals surface area contributed by atoms with Crippen LogP contribution in [0.3, 0.4) is 0 Å². The van der Waals surface area contributed by atoms with E-state index in [-0.39, 0.29) is 12.1 Å². The van der Waals surface area contributed by atoms with Gasteiger partial charge in [0.1, 0.15) is 5.60 Å². The summed E-state index contributed by atoms with van der Waals surface area (Å²) in [5.41, 5.74) is 0.175. The Balaban J connectivity index is 0.00000151. The smallest absolute Gasteiger partial charge is 0.410 e. The predicted octanol–water partition coefficient (Wildman–Crippen LogP) is 4.75. The number of carbonyl (C=O) groups excluding carboxylic acids is 2. The van der Waals surface area contributed by atoms with Crippen molar-refractivity contribution in [2.75, 3.05) is 20.2 Å². The van der Waals surface area contributed by atoms with Gasteiger partial charge in [-0.2, -0.15) is 0 Å². The fraction of sp³-hybridized carbons (Fsp3) is 0.684. The molecular formula is C19H31NO4S. The molecule has 0 bridgehead atoms. The number of nitrogens with zero attached hydrogens (tertiary/aromatic N) is 1. The summed E-state index contributed by atoms with van der Waals surface area (Å²) in [5, 5.41) is 1.84. The second kappa shape index (κ2) is 9.80. The van der Waals surface area contributed by atoms with E-state index in [9.17, 15) is 9.59 Å². The standard InChI is InChI=1S/C17H25NO4S.C2H6/c1-17(2,3)22-16(20)18-7-5-12(6-8-18)9-14-10-13(11-23-14)15(19)21-4;1-2/h10-12H,5-9H2,1-4H3;1-2H3. The first-order valence-corrected chi connectivity index (χ1v) is 9.80. The molecule has 0 aliphatic carbocycles. The van der Waals surface area contributed by atoms with Crippen LogP contribution in [0.1, 0.15) is 62.7 Å². The maximum absolute atomic E-state index is 12.0. The number of amides is 1. The summed E-state index contributed by atoms with van der Waals surface area (Å²) in [6.45, 7) is 11.1. The first-order chi connectivity index (χ1) is 11.8. The van der Waals surface area contributed by atoms with Gasteiger partial charge < -0.3 is 14.4 Å². The summed E-state index contributed by atoms with van der Waals surface area (Å²) in [4.78, 5) is 26.5. The van der Waals surface area contributed by atoms with Crippen LogP contribution < -0.4 is 0 Å². The topological polar surface area (TPSA) is 55.8 Å². The zero-order valence-electron chi connectivity index (χ0n) is 16.3. The molecule has 142 valence electrons. The van der Waals surface area contributed by atoms with E-state index in [1.807, 2.05) is 46.1 Å². The highest BCUT2D eigenvalue weighted by Crippen LogP contribution is 2.26. The largest absolute Gasteiger partial charge is 0.465 e. The highest BCUT2D eigenvalue weighted by Gasteiger charge is 2.27. The Kier molecular flexibility index (Phi) is 8.42. The molecule has 6 heteroatoms. The minimum absolute atomic E-state index is 0.222. The van der Waals surface area contributed by atoms with Crippen molar-refractivity contribution in [1.29, 1.82) is 0 Å². The Morgan fingerprint density at radius 2 is 1.84 bits per heavy atom. The van der Waals surface area contributed by atoms with Gasteiger partial charge >= 0.3 is 12.1 Å². The van der Waals surface area contributed by atoms with Crippen molar-refractivity contribution < 1.29 is 19.1 Å². The molecule has 1 aromatic heterocycles. The van der Waals surface area contributed by atoms with Crippen molar-refractivity contribution in [2.24, 2.45) is 5.92 Å². The molecule has 0 N–H and O–H groups in total. The van der Waals surface area contributed by atoms with Crippen LogP contribution >= 0.6 is 11.3 Å². The minimum Gasteiger partial charge on any atom is -0.465 e. The molecule has 1 saturated heterocycles. The lowest BCUT2D eigenvalue weighted by Gasteiger charge is -2.33. The number of ether oxygens (including phenoxy) is 2. The first-order valence-electron chi connectivity index (χ1n) is 8.92. The number of thiophene rings is 1. The maximum Gasteiger partial charge on any atom is 0.410 e. The van der Waals surface area contributed by atoms with Gasteiger partial charge in [0.15, 0.2) is 0 Å². The van der Waals surface area contributed by atoms with Crippen LogP contribution in [0.25, 0.3) is 0 Å². The number of piperidine rings is 1. The van der Waals surface area contributed by atoms with E-state index in [0.29, 0.717) is 11.5 Å². The Labute approximate surface area is 155 Å². The summed E-state index contributed by atoms with van der Waals surface area (Å²) >= 11 is 1.60. The van der Waals surface area contributed by atoms with Gasteiger partial charge in [-0.15, -0.1) is 11.3 Å². The molecule has 1 aliphatic rings. The van der Waals surface area contributed by atoms with E-state index >= 15 is 0 Å². The summed E-state index contributed by atoms with van der Waals surface area (Å²) in [6.07, 6.45) is 2.65. The molecule has 0 radical (unpaired) electrons. The zero-order valence-corrected chi connectivity index (χ0v) is 17.1. The molecule has 1 amide bonds. The van der Waals surface area contributed by atoms with Gasteiger partial charge in [-0.25, -0.2) is 9.59 Å². The van der Waals surface area contributed by atoms with E-state index in [1.165, 1.54) is 12.0 Å². The van der Waals surface area contributed by atoms with Crippen LogP contribution in [0.4, 0.5) is 4.79 Å². The Bertz CT molecular complexity index is 554. The zero-order chi connectivity index (χ0) is 19.0. The van der Waals surface area contributed by atoms with Gasteiger partial charge in [0.05, 0.1) is 12.7 Å². The van der Waals surface area contributed by atoms with E-state index < -0.39 is 5.60 Å². The lowest BCUT2D eigenvalue weighted by Crippen LogP contribution is -2.42. The molecule has 1 aliphatic heterocycles. The molecule has 0 saturated carbocycles. The van der Waals surface area contributed by atoms with Crippen molar-refractivity contribution in [3.8, 4) is 0 Å². The number of carbonyl (C=O) groups is 2. The van der Waals surface area contributed by atoms with Gasteiger partial charge in [-0.05, 0) is 52.0 Å². The lowest BCUT2D eigenvalue weighted by molar-refractivity contribution is 0.0184. The van der Waals surface area contributed by atoms with Gasteiger partial charge in [0.25, 0.3) is 0 Å². The first kappa shape index (κ1) is 21.5.